The minimum Gasteiger partial charge on any atom is -0.444 e. The van der Waals surface area contributed by atoms with Crippen molar-refractivity contribution in [3.05, 3.63) is 22.4 Å². The normalized spacial score (nSPS) is 18.3. The van der Waals surface area contributed by atoms with E-state index in [1.807, 2.05) is 25.7 Å². The third-order valence-electron chi connectivity index (χ3n) is 3.95. The summed E-state index contributed by atoms with van der Waals surface area (Å²) in [5.74, 6) is 0.640. The van der Waals surface area contributed by atoms with Crippen molar-refractivity contribution in [2.45, 2.75) is 52.2 Å². The van der Waals surface area contributed by atoms with E-state index in [1.165, 1.54) is 4.88 Å². The van der Waals surface area contributed by atoms with E-state index in [0.717, 1.165) is 32.5 Å². The van der Waals surface area contributed by atoms with Crippen LogP contribution in [0.3, 0.4) is 0 Å². The Morgan fingerprint density at radius 2 is 2.14 bits per heavy atom. The number of piperidine rings is 1. The van der Waals surface area contributed by atoms with Crippen LogP contribution in [-0.4, -0.2) is 36.2 Å². The van der Waals surface area contributed by atoms with Gasteiger partial charge < -0.3 is 15.0 Å². The number of nitrogens with one attached hydrogen (secondary N) is 1. The molecule has 0 bridgehead atoms. The van der Waals surface area contributed by atoms with Gasteiger partial charge in [-0.1, -0.05) is 6.07 Å². The van der Waals surface area contributed by atoms with E-state index in [0.29, 0.717) is 12.0 Å². The van der Waals surface area contributed by atoms with Gasteiger partial charge in [0.05, 0.1) is 0 Å². The Morgan fingerprint density at radius 3 is 2.68 bits per heavy atom. The average molecular weight is 324 g/mol. The Balaban J connectivity index is 1.70. The van der Waals surface area contributed by atoms with Crippen LogP contribution in [-0.2, 0) is 4.74 Å². The molecule has 1 N–H and O–H groups in total. The first-order chi connectivity index (χ1) is 10.3. The van der Waals surface area contributed by atoms with Crippen LogP contribution < -0.4 is 5.32 Å². The zero-order valence-electron chi connectivity index (χ0n) is 14.1. The van der Waals surface area contributed by atoms with Crippen LogP contribution in [0.5, 0.6) is 0 Å². The van der Waals surface area contributed by atoms with E-state index in [4.69, 9.17) is 4.74 Å². The molecule has 5 heteroatoms. The van der Waals surface area contributed by atoms with Crippen LogP contribution in [0.4, 0.5) is 4.79 Å². The van der Waals surface area contributed by atoms with Crippen LogP contribution in [0.15, 0.2) is 17.5 Å². The quantitative estimate of drug-likeness (QED) is 0.908. The maximum atomic E-state index is 12.0. The lowest BCUT2D eigenvalue weighted by Crippen LogP contribution is -2.43. The van der Waals surface area contributed by atoms with Gasteiger partial charge in [0.1, 0.15) is 5.60 Å². The van der Waals surface area contributed by atoms with Gasteiger partial charge in [-0.05, 0) is 64.4 Å². The fraction of sp³-hybridized carbons (Fsp3) is 0.706. The molecule has 0 radical (unpaired) electrons. The van der Waals surface area contributed by atoms with Gasteiger partial charge in [0.2, 0.25) is 0 Å². The summed E-state index contributed by atoms with van der Waals surface area (Å²) in [4.78, 5) is 15.2. The van der Waals surface area contributed by atoms with E-state index in [1.54, 1.807) is 11.3 Å². The third-order valence-corrected chi connectivity index (χ3v) is 5.00. The lowest BCUT2D eigenvalue weighted by Gasteiger charge is -2.33. The van der Waals surface area contributed by atoms with Crippen molar-refractivity contribution in [3.63, 3.8) is 0 Å². The van der Waals surface area contributed by atoms with Gasteiger partial charge in [-0.25, -0.2) is 4.79 Å². The molecule has 1 fully saturated rings. The monoisotopic (exact) mass is 324 g/mol. The second-order valence-corrected chi connectivity index (χ2v) is 8.04. The first-order valence-corrected chi connectivity index (χ1v) is 8.98. The number of amides is 1. The Labute approximate surface area is 137 Å². The summed E-state index contributed by atoms with van der Waals surface area (Å²) in [7, 11) is 0. The highest BCUT2D eigenvalue weighted by atomic mass is 32.1. The number of hydrogen-bond acceptors (Lipinski definition) is 4. The SMILES string of the molecule is CC(NCC1CCN(C(=O)OC(C)(C)C)CC1)c1cccs1. The fourth-order valence-corrected chi connectivity index (χ4v) is 3.39. The van der Waals surface area contributed by atoms with E-state index in [9.17, 15) is 4.79 Å². The number of carbonyl (C=O) groups excluding carboxylic acids is 1. The molecule has 2 rings (SSSR count). The molecule has 1 unspecified atom stereocenters. The topological polar surface area (TPSA) is 41.6 Å². The highest BCUT2D eigenvalue weighted by Gasteiger charge is 2.26. The molecule has 1 aliphatic heterocycles. The summed E-state index contributed by atoms with van der Waals surface area (Å²) >= 11 is 1.80. The summed E-state index contributed by atoms with van der Waals surface area (Å²) in [6, 6.07) is 4.68. The molecule has 0 spiro atoms. The molecule has 1 aromatic rings. The van der Waals surface area contributed by atoms with Crippen LogP contribution in [0.25, 0.3) is 0 Å². The summed E-state index contributed by atoms with van der Waals surface area (Å²) in [5, 5.41) is 5.73. The fourth-order valence-electron chi connectivity index (χ4n) is 2.63. The van der Waals surface area contributed by atoms with Gasteiger partial charge in [-0.15, -0.1) is 11.3 Å². The van der Waals surface area contributed by atoms with Gasteiger partial charge in [-0.2, -0.15) is 0 Å². The lowest BCUT2D eigenvalue weighted by atomic mass is 9.96. The molecule has 124 valence electrons. The van der Waals surface area contributed by atoms with E-state index in [2.05, 4.69) is 29.8 Å². The molecule has 4 nitrogen and oxygen atoms in total. The molecule has 0 saturated carbocycles. The van der Waals surface area contributed by atoms with Crippen molar-refractivity contribution < 1.29 is 9.53 Å². The Hall–Kier alpha value is -1.07. The van der Waals surface area contributed by atoms with Gasteiger partial charge in [0.25, 0.3) is 0 Å². The molecular weight excluding hydrogens is 296 g/mol. The molecule has 2 heterocycles. The molecule has 1 saturated heterocycles. The lowest BCUT2D eigenvalue weighted by molar-refractivity contribution is 0.0183. The molecule has 22 heavy (non-hydrogen) atoms. The van der Waals surface area contributed by atoms with Gasteiger partial charge in [0, 0.05) is 24.0 Å². The van der Waals surface area contributed by atoms with E-state index in [-0.39, 0.29) is 6.09 Å². The summed E-state index contributed by atoms with van der Waals surface area (Å²) < 4.78 is 5.43. The molecule has 0 aliphatic carbocycles. The molecule has 1 aliphatic rings. The van der Waals surface area contributed by atoms with Crippen molar-refractivity contribution in [1.82, 2.24) is 10.2 Å². The molecule has 1 atom stereocenters. The minimum atomic E-state index is -0.411. The second-order valence-electron chi connectivity index (χ2n) is 7.06. The average Bonchev–Trinajstić information content (AvgIpc) is 2.97. The zero-order chi connectivity index (χ0) is 16.2. The summed E-state index contributed by atoms with van der Waals surface area (Å²) in [6.45, 7) is 10.6. The standard InChI is InChI=1S/C17H28N2O2S/c1-13(15-6-5-11-22-15)18-12-14-7-9-19(10-8-14)16(20)21-17(2,3)4/h5-6,11,13-14,18H,7-10,12H2,1-4H3. The Kier molecular flexibility index (Phi) is 5.87. The molecule has 1 amide bonds. The number of hydrogen-bond donors (Lipinski definition) is 1. The summed E-state index contributed by atoms with van der Waals surface area (Å²) in [6.07, 6.45) is 1.91. The first-order valence-electron chi connectivity index (χ1n) is 8.10. The van der Waals surface area contributed by atoms with Crippen LogP contribution in [0, 0.1) is 5.92 Å². The Bertz CT molecular complexity index is 460. The maximum absolute atomic E-state index is 12.0. The number of carbonyl (C=O) groups is 1. The van der Waals surface area contributed by atoms with Crippen molar-refractivity contribution in [3.8, 4) is 0 Å². The molecule has 1 aromatic heterocycles. The van der Waals surface area contributed by atoms with E-state index >= 15 is 0 Å². The Morgan fingerprint density at radius 1 is 1.45 bits per heavy atom. The zero-order valence-corrected chi connectivity index (χ0v) is 14.9. The highest BCUT2D eigenvalue weighted by molar-refractivity contribution is 7.10. The number of thiophene rings is 1. The molecular formula is C17H28N2O2S. The van der Waals surface area contributed by atoms with Crippen molar-refractivity contribution in [2.24, 2.45) is 5.92 Å². The van der Waals surface area contributed by atoms with Gasteiger partial charge >= 0.3 is 6.09 Å². The van der Waals surface area contributed by atoms with Crippen molar-refractivity contribution >= 4 is 17.4 Å². The van der Waals surface area contributed by atoms with E-state index < -0.39 is 5.60 Å². The van der Waals surface area contributed by atoms with Crippen molar-refractivity contribution in [1.29, 1.82) is 0 Å². The van der Waals surface area contributed by atoms with Crippen LogP contribution >= 0.6 is 11.3 Å². The number of ether oxygens (including phenoxy) is 1. The highest BCUT2D eigenvalue weighted by Crippen LogP contribution is 2.22. The minimum absolute atomic E-state index is 0.175. The summed E-state index contributed by atoms with van der Waals surface area (Å²) in [5.41, 5.74) is -0.411. The van der Waals surface area contributed by atoms with Crippen LogP contribution in [0.2, 0.25) is 0 Å². The van der Waals surface area contributed by atoms with Gasteiger partial charge in [0.15, 0.2) is 0 Å². The third kappa shape index (κ3) is 5.29. The number of nitrogens with zero attached hydrogens (tertiary/aromatic N) is 1. The smallest absolute Gasteiger partial charge is 0.410 e. The van der Waals surface area contributed by atoms with Crippen LogP contribution in [0.1, 0.15) is 51.5 Å². The number of rotatable bonds is 4. The first kappa shape index (κ1) is 17.3. The largest absolute Gasteiger partial charge is 0.444 e. The predicted octanol–water partition coefficient (Wildman–Crippen LogP) is 4.05. The van der Waals surface area contributed by atoms with Gasteiger partial charge in [-0.3, -0.25) is 0 Å². The maximum Gasteiger partial charge on any atom is 0.410 e. The molecule has 0 aromatic carbocycles. The van der Waals surface area contributed by atoms with Crippen molar-refractivity contribution in [2.75, 3.05) is 19.6 Å². The number of likely N-dealkylation sites (tertiary alicyclic amines) is 1. The predicted molar refractivity (Wildman–Crippen MR) is 91.3 cm³/mol. The second kappa shape index (κ2) is 7.47.